The summed E-state index contributed by atoms with van der Waals surface area (Å²) in [7, 11) is 0. The van der Waals surface area contributed by atoms with E-state index in [9.17, 15) is 9.59 Å². The minimum Gasteiger partial charge on any atom is -0.463 e. The molecule has 0 saturated heterocycles. The van der Waals surface area contributed by atoms with E-state index in [1.807, 2.05) is 32.0 Å². The number of aromatic amines is 1. The van der Waals surface area contributed by atoms with Gasteiger partial charge < -0.3 is 5.11 Å². The first-order chi connectivity index (χ1) is 9.40. The Balaban J connectivity index is 2.54. The Kier molecular flexibility index (Phi) is 3.56. The van der Waals surface area contributed by atoms with E-state index in [2.05, 4.69) is 10.1 Å². The lowest BCUT2D eigenvalue weighted by Gasteiger charge is -2.05. The molecule has 6 heteroatoms. The van der Waals surface area contributed by atoms with Gasteiger partial charge in [-0.2, -0.15) is 4.99 Å². The van der Waals surface area contributed by atoms with Crippen molar-refractivity contribution in [2.75, 3.05) is 0 Å². The quantitative estimate of drug-likeness (QED) is 0.822. The summed E-state index contributed by atoms with van der Waals surface area (Å²) in [4.78, 5) is 25.9. The highest BCUT2D eigenvalue weighted by molar-refractivity contribution is 5.88. The van der Waals surface area contributed by atoms with Crippen LogP contribution in [0.4, 0.5) is 4.79 Å². The summed E-state index contributed by atoms with van der Waals surface area (Å²) in [6, 6.07) is 5.65. The van der Waals surface area contributed by atoms with Gasteiger partial charge in [-0.3, -0.25) is 9.89 Å². The van der Waals surface area contributed by atoms with Crippen molar-refractivity contribution in [3.63, 3.8) is 0 Å². The molecule has 2 aromatic rings. The van der Waals surface area contributed by atoms with Gasteiger partial charge in [0, 0.05) is 11.9 Å². The van der Waals surface area contributed by atoms with Crippen LogP contribution in [0.25, 0.3) is 5.69 Å². The first-order valence-corrected chi connectivity index (χ1v) is 6.06. The Morgan fingerprint density at radius 3 is 2.60 bits per heavy atom. The second-order valence-corrected chi connectivity index (χ2v) is 4.60. The lowest BCUT2D eigenvalue weighted by Crippen LogP contribution is -2.17. The van der Waals surface area contributed by atoms with Crippen LogP contribution >= 0.6 is 0 Å². The Morgan fingerprint density at radius 1 is 1.30 bits per heavy atom. The van der Waals surface area contributed by atoms with E-state index in [1.165, 1.54) is 4.68 Å². The number of nitrogens with zero attached hydrogens (tertiary/aromatic N) is 2. The molecule has 0 unspecified atom stereocenters. The molecule has 104 valence electrons. The molecule has 2 N–H and O–H groups in total. The second-order valence-electron chi connectivity index (χ2n) is 4.60. The minimum atomic E-state index is -1.33. The van der Waals surface area contributed by atoms with Crippen molar-refractivity contribution < 1.29 is 9.90 Å². The van der Waals surface area contributed by atoms with E-state index in [1.54, 1.807) is 6.92 Å². The number of hydrogen-bond donors (Lipinski definition) is 2. The zero-order chi connectivity index (χ0) is 14.9. The normalized spacial score (nSPS) is 11.2. The maximum atomic E-state index is 12.2. The van der Waals surface area contributed by atoms with Gasteiger partial charge in [0.2, 0.25) is 0 Å². The molecule has 1 amide bonds. The number of carboxylic acid groups (broad SMARTS) is 1. The highest BCUT2D eigenvalue weighted by Crippen LogP contribution is 2.12. The summed E-state index contributed by atoms with van der Waals surface area (Å²) in [5, 5.41) is 11.4. The number of aromatic nitrogens is 2. The van der Waals surface area contributed by atoms with Crippen molar-refractivity contribution in [3.05, 3.63) is 50.9 Å². The van der Waals surface area contributed by atoms with Crippen molar-refractivity contribution in [1.82, 2.24) is 9.78 Å². The topological polar surface area (TPSA) is 87.4 Å². The summed E-state index contributed by atoms with van der Waals surface area (Å²) in [5.74, 6) is 0. The smallest absolute Gasteiger partial charge is 0.431 e. The number of nitrogens with one attached hydrogen (secondary N) is 1. The summed E-state index contributed by atoms with van der Waals surface area (Å²) in [5.41, 5.74) is 3.40. The molecule has 0 bridgehead atoms. The second kappa shape index (κ2) is 5.16. The number of amides is 1. The standard InChI is InChI=1S/C14H15N3O3/c1-8-4-5-11(6-9(8)2)17-13(18)12(10(3)16-17)7-15-14(19)20/h4-7,16H,1-3H3,(H,19,20)/b15-7-. The van der Waals surface area contributed by atoms with Crippen molar-refractivity contribution >= 4 is 12.3 Å². The van der Waals surface area contributed by atoms with Crippen molar-refractivity contribution in [2.24, 2.45) is 4.99 Å². The first-order valence-electron chi connectivity index (χ1n) is 6.06. The molecule has 0 fully saturated rings. The Bertz CT molecular complexity index is 754. The Labute approximate surface area is 115 Å². The van der Waals surface area contributed by atoms with Crippen molar-refractivity contribution in [2.45, 2.75) is 20.8 Å². The molecule has 2 rings (SSSR count). The van der Waals surface area contributed by atoms with E-state index in [0.717, 1.165) is 17.3 Å². The van der Waals surface area contributed by atoms with Gasteiger partial charge >= 0.3 is 6.09 Å². The van der Waals surface area contributed by atoms with Crippen LogP contribution in [0.5, 0.6) is 0 Å². The van der Waals surface area contributed by atoms with Gasteiger partial charge in [-0.15, -0.1) is 0 Å². The summed E-state index contributed by atoms with van der Waals surface area (Å²) in [6.07, 6.45) is -0.267. The zero-order valence-electron chi connectivity index (χ0n) is 11.5. The third-order valence-corrected chi connectivity index (χ3v) is 3.17. The summed E-state index contributed by atoms with van der Waals surface area (Å²) in [6.45, 7) is 5.65. The Morgan fingerprint density at radius 2 is 2.00 bits per heavy atom. The number of H-pyrrole nitrogens is 1. The third kappa shape index (κ3) is 2.54. The third-order valence-electron chi connectivity index (χ3n) is 3.17. The monoisotopic (exact) mass is 273 g/mol. The van der Waals surface area contributed by atoms with Gasteiger partial charge in [0.1, 0.15) is 0 Å². The Hall–Kier alpha value is -2.63. The maximum absolute atomic E-state index is 12.2. The van der Waals surface area contributed by atoms with Gasteiger partial charge in [-0.1, -0.05) is 6.07 Å². The van der Waals surface area contributed by atoms with Crippen LogP contribution in [0.2, 0.25) is 0 Å². The molecule has 0 aliphatic rings. The van der Waals surface area contributed by atoms with Crippen LogP contribution < -0.4 is 5.56 Å². The number of aryl methyl sites for hydroxylation is 3. The molecular weight excluding hydrogens is 258 g/mol. The predicted molar refractivity (Wildman–Crippen MR) is 76.2 cm³/mol. The average molecular weight is 273 g/mol. The van der Waals surface area contributed by atoms with E-state index in [0.29, 0.717) is 11.4 Å². The molecule has 0 aliphatic heterocycles. The fourth-order valence-corrected chi connectivity index (χ4v) is 1.88. The number of benzene rings is 1. The van der Waals surface area contributed by atoms with Gasteiger partial charge in [0.25, 0.3) is 5.56 Å². The predicted octanol–water partition coefficient (Wildman–Crippen LogP) is 2.19. The highest BCUT2D eigenvalue weighted by Gasteiger charge is 2.11. The fraction of sp³-hybridized carbons (Fsp3) is 0.214. The van der Waals surface area contributed by atoms with Crippen LogP contribution in [-0.2, 0) is 0 Å². The first kappa shape index (κ1) is 13.8. The molecule has 0 saturated carbocycles. The van der Waals surface area contributed by atoms with Gasteiger partial charge in [0.05, 0.1) is 11.3 Å². The number of rotatable bonds is 2. The molecule has 1 aromatic heterocycles. The maximum Gasteiger partial charge on any atom is 0.431 e. The van der Waals surface area contributed by atoms with E-state index >= 15 is 0 Å². The molecule has 20 heavy (non-hydrogen) atoms. The lowest BCUT2D eigenvalue weighted by molar-refractivity contribution is 0.206. The van der Waals surface area contributed by atoms with Crippen LogP contribution in [0.3, 0.4) is 0 Å². The molecule has 6 nitrogen and oxygen atoms in total. The summed E-state index contributed by atoms with van der Waals surface area (Å²) < 4.78 is 1.38. The number of hydrogen-bond acceptors (Lipinski definition) is 2. The number of carbonyl (C=O) groups is 1. The zero-order valence-corrected chi connectivity index (χ0v) is 11.5. The number of aliphatic imine (C=N–C) groups is 1. The fourth-order valence-electron chi connectivity index (χ4n) is 1.88. The van der Waals surface area contributed by atoms with Gasteiger partial charge in [-0.05, 0) is 44.0 Å². The SMILES string of the molecule is Cc1ccc(-n2[nH]c(C)c(/C=N\C(=O)O)c2=O)cc1C. The van der Waals surface area contributed by atoms with Gasteiger partial charge in [0.15, 0.2) is 0 Å². The molecule has 1 aromatic carbocycles. The van der Waals surface area contributed by atoms with E-state index in [4.69, 9.17) is 5.11 Å². The van der Waals surface area contributed by atoms with Crippen LogP contribution in [0, 0.1) is 20.8 Å². The largest absolute Gasteiger partial charge is 0.463 e. The van der Waals surface area contributed by atoms with Gasteiger partial charge in [-0.25, -0.2) is 9.48 Å². The molecule has 0 radical (unpaired) electrons. The molecule has 0 aliphatic carbocycles. The van der Waals surface area contributed by atoms with E-state index < -0.39 is 6.09 Å². The minimum absolute atomic E-state index is 0.241. The van der Waals surface area contributed by atoms with Crippen LogP contribution in [-0.4, -0.2) is 27.2 Å². The molecule has 0 spiro atoms. The van der Waals surface area contributed by atoms with Crippen LogP contribution in [0.15, 0.2) is 28.0 Å². The molecule has 1 heterocycles. The van der Waals surface area contributed by atoms with E-state index in [-0.39, 0.29) is 11.1 Å². The molecular formula is C14H15N3O3. The highest BCUT2D eigenvalue weighted by atomic mass is 16.4. The molecule has 0 atom stereocenters. The van der Waals surface area contributed by atoms with Crippen molar-refractivity contribution in [3.8, 4) is 5.69 Å². The lowest BCUT2D eigenvalue weighted by atomic mass is 10.1. The average Bonchev–Trinajstić information content (AvgIpc) is 2.66. The van der Waals surface area contributed by atoms with Crippen molar-refractivity contribution in [1.29, 1.82) is 0 Å². The summed E-state index contributed by atoms with van der Waals surface area (Å²) >= 11 is 0. The van der Waals surface area contributed by atoms with Crippen LogP contribution in [0.1, 0.15) is 22.4 Å².